The van der Waals surface area contributed by atoms with Gasteiger partial charge < -0.3 is 10.3 Å². The van der Waals surface area contributed by atoms with Gasteiger partial charge in [-0.05, 0) is 37.1 Å². The van der Waals surface area contributed by atoms with Crippen molar-refractivity contribution in [3.05, 3.63) is 47.3 Å². The molecule has 4 heteroatoms. The fraction of sp³-hybridized carbons (Fsp3) is 0.357. The van der Waals surface area contributed by atoms with Crippen LogP contribution in [-0.4, -0.2) is 9.55 Å². The summed E-state index contributed by atoms with van der Waals surface area (Å²) in [7, 11) is 0. The zero-order chi connectivity index (χ0) is 13.3. The fourth-order valence-electron chi connectivity index (χ4n) is 2.07. The molecule has 1 heterocycles. The quantitative estimate of drug-likeness (QED) is 0.906. The number of nitrogens with zero attached hydrogens (tertiary/aromatic N) is 2. The molecule has 0 fully saturated rings. The third kappa shape index (κ3) is 2.16. The number of rotatable bonds is 3. The summed E-state index contributed by atoms with van der Waals surface area (Å²) in [4.78, 5) is 4.29. The molecule has 0 unspecified atom stereocenters. The van der Waals surface area contributed by atoms with Crippen LogP contribution in [0.2, 0.25) is 0 Å². The molecule has 0 spiro atoms. The van der Waals surface area contributed by atoms with E-state index in [1.807, 2.05) is 30.7 Å². The molecule has 0 aliphatic carbocycles. The molecule has 2 N–H and O–H groups in total. The zero-order valence-corrected chi connectivity index (χ0v) is 10.9. The van der Waals surface area contributed by atoms with E-state index in [2.05, 4.69) is 4.98 Å². The molecule has 2 rings (SSSR count). The third-order valence-electron chi connectivity index (χ3n) is 3.09. The average Bonchev–Trinajstić information content (AvgIpc) is 2.79. The lowest BCUT2D eigenvalue weighted by atomic mass is 10.0. The molecule has 0 saturated heterocycles. The molecule has 18 heavy (non-hydrogen) atoms. The van der Waals surface area contributed by atoms with Crippen LogP contribution < -0.4 is 5.73 Å². The van der Waals surface area contributed by atoms with E-state index in [0.717, 1.165) is 23.5 Å². The van der Waals surface area contributed by atoms with Crippen molar-refractivity contribution in [1.29, 1.82) is 0 Å². The van der Waals surface area contributed by atoms with Gasteiger partial charge in [0.2, 0.25) is 0 Å². The molecule has 96 valence electrons. The number of nitrogens with two attached hydrogens (primary N) is 1. The Balaban J connectivity index is 2.66. The van der Waals surface area contributed by atoms with Crippen molar-refractivity contribution in [2.45, 2.75) is 33.2 Å². The summed E-state index contributed by atoms with van der Waals surface area (Å²) in [6.07, 6.45) is 4.46. The van der Waals surface area contributed by atoms with Crippen molar-refractivity contribution in [2.24, 2.45) is 5.73 Å². The van der Waals surface area contributed by atoms with Gasteiger partial charge in [-0.2, -0.15) is 0 Å². The lowest BCUT2D eigenvalue weighted by Gasteiger charge is -2.16. The lowest BCUT2D eigenvalue weighted by molar-refractivity contribution is 0.611. The minimum Gasteiger partial charge on any atom is -0.324 e. The number of halogens is 1. The van der Waals surface area contributed by atoms with Crippen molar-refractivity contribution >= 4 is 0 Å². The zero-order valence-electron chi connectivity index (χ0n) is 10.9. The first kappa shape index (κ1) is 12.8. The van der Waals surface area contributed by atoms with Crippen molar-refractivity contribution < 1.29 is 4.39 Å². The monoisotopic (exact) mass is 247 g/mol. The van der Waals surface area contributed by atoms with E-state index in [9.17, 15) is 4.39 Å². The largest absolute Gasteiger partial charge is 0.324 e. The Kier molecular flexibility index (Phi) is 3.48. The van der Waals surface area contributed by atoms with Crippen LogP contribution in [0.15, 0.2) is 24.5 Å². The minimum absolute atomic E-state index is 0.218. The average molecular weight is 247 g/mol. The molecule has 1 aromatic heterocycles. The number of hydrogen-bond donors (Lipinski definition) is 1. The molecular weight excluding hydrogens is 229 g/mol. The standard InChI is InChI=1S/C14H18FN3/c1-4-14-17-5-6-18(14)13-7-9(2)12(15)8-11(13)10(3)16/h5-8,10H,4,16H2,1-3H3/t10-/m0/s1. The van der Waals surface area contributed by atoms with Crippen LogP contribution in [0, 0.1) is 12.7 Å². The molecule has 0 amide bonds. The van der Waals surface area contributed by atoms with Crippen LogP contribution in [0.25, 0.3) is 5.69 Å². The lowest BCUT2D eigenvalue weighted by Crippen LogP contribution is -2.12. The molecular formula is C14H18FN3. The number of hydrogen-bond acceptors (Lipinski definition) is 2. The molecule has 0 radical (unpaired) electrons. The van der Waals surface area contributed by atoms with Gasteiger partial charge in [-0.3, -0.25) is 0 Å². The normalized spacial score (nSPS) is 12.7. The van der Waals surface area contributed by atoms with Gasteiger partial charge in [0.05, 0.1) is 5.69 Å². The molecule has 1 aromatic carbocycles. The molecule has 0 aliphatic heterocycles. The highest BCUT2D eigenvalue weighted by molar-refractivity contribution is 5.46. The summed E-state index contributed by atoms with van der Waals surface area (Å²) in [6, 6.07) is 3.13. The first-order valence-electron chi connectivity index (χ1n) is 6.12. The number of imidazole rings is 1. The number of aromatic nitrogens is 2. The summed E-state index contributed by atoms with van der Waals surface area (Å²) >= 11 is 0. The van der Waals surface area contributed by atoms with Gasteiger partial charge in [0.25, 0.3) is 0 Å². The Bertz CT molecular complexity index is 558. The van der Waals surface area contributed by atoms with E-state index in [4.69, 9.17) is 5.73 Å². The van der Waals surface area contributed by atoms with E-state index < -0.39 is 0 Å². The fourth-order valence-corrected chi connectivity index (χ4v) is 2.07. The van der Waals surface area contributed by atoms with Gasteiger partial charge in [0.1, 0.15) is 11.6 Å². The highest BCUT2D eigenvalue weighted by Gasteiger charge is 2.14. The summed E-state index contributed by atoms with van der Waals surface area (Å²) in [5.41, 5.74) is 8.26. The molecule has 0 bridgehead atoms. The Hall–Kier alpha value is -1.68. The topological polar surface area (TPSA) is 43.8 Å². The summed E-state index contributed by atoms with van der Waals surface area (Å²) in [5, 5.41) is 0. The Morgan fingerprint density at radius 3 is 2.78 bits per heavy atom. The van der Waals surface area contributed by atoms with Crippen molar-refractivity contribution in [3.63, 3.8) is 0 Å². The van der Waals surface area contributed by atoms with Crippen LogP contribution in [0.4, 0.5) is 4.39 Å². The first-order chi connectivity index (χ1) is 8.54. The predicted molar refractivity (Wildman–Crippen MR) is 70.2 cm³/mol. The maximum Gasteiger partial charge on any atom is 0.126 e. The van der Waals surface area contributed by atoms with Gasteiger partial charge in [0, 0.05) is 24.9 Å². The van der Waals surface area contributed by atoms with E-state index in [0.29, 0.717) is 5.56 Å². The minimum atomic E-state index is -0.220. The van der Waals surface area contributed by atoms with Crippen LogP contribution >= 0.6 is 0 Å². The van der Waals surface area contributed by atoms with Gasteiger partial charge in [-0.25, -0.2) is 9.37 Å². The van der Waals surface area contributed by atoms with Gasteiger partial charge >= 0.3 is 0 Å². The predicted octanol–water partition coefficient (Wildman–Crippen LogP) is 2.90. The smallest absolute Gasteiger partial charge is 0.126 e. The molecule has 0 aliphatic rings. The second-order valence-electron chi connectivity index (χ2n) is 4.52. The maximum absolute atomic E-state index is 13.7. The molecule has 0 saturated carbocycles. The Morgan fingerprint density at radius 2 is 2.17 bits per heavy atom. The van der Waals surface area contributed by atoms with Crippen LogP contribution in [-0.2, 0) is 6.42 Å². The van der Waals surface area contributed by atoms with Crippen LogP contribution in [0.1, 0.15) is 36.8 Å². The van der Waals surface area contributed by atoms with Crippen LogP contribution in [0.5, 0.6) is 0 Å². The van der Waals surface area contributed by atoms with Crippen LogP contribution in [0.3, 0.4) is 0 Å². The number of benzene rings is 1. The van der Waals surface area contributed by atoms with Crippen molar-refractivity contribution in [2.75, 3.05) is 0 Å². The Morgan fingerprint density at radius 1 is 1.44 bits per heavy atom. The molecule has 3 nitrogen and oxygen atoms in total. The summed E-state index contributed by atoms with van der Waals surface area (Å²) < 4.78 is 15.6. The SMILES string of the molecule is CCc1nccn1-c1cc(C)c(F)cc1[C@H](C)N. The maximum atomic E-state index is 13.7. The van der Waals surface area contributed by atoms with Gasteiger partial charge in [-0.1, -0.05) is 6.92 Å². The Labute approximate surface area is 106 Å². The second kappa shape index (κ2) is 4.90. The highest BCUT2D eigenvalue weighted by Crippen LogP contribution is 2.25. The number of aryl methyl sites for hydroxylation is 2. The van der Waals surface area contributed by atoms with Crippen molar-refractivity contribution in [1.82, 2.24) is 9.55 Å². The second-order valence-corrected chi connectivity index (χ2v) is 4.52. The highest BCUT2D eigenvalue weighted by atomic mass is 19.1. The third-order valence-corrected chi connectivity index (χ3v) is 3.09. The van der Waals surface area contributed by atoms with E-state index in [1.54, 1.807) is 13.1 Å². The van der Waals surface area contributed by atoms with E-state index >= 15 is 0 Å². The molecule has 2 aromatic rings. The van der Waals surface area contributed by atoms with E-state index in [1.165, 1.54) is 6.07 Å². The summed E-state index contributed by atoms with van der Waals surface area (Å²) in [6.45, 7) is 5.66. The van der Waals surface area contributed by atoms with Gasteiger partial charge in [-0.15, -0.1) is 0 Å². The van der Waals surface area contributed by atoms with E-state index in [-0.39, 0.29) is 11.9 Å². The molecule has 1 atom stereocenters. The van der Waals surface area contributed by atoms with Gasteiger partial charge in [0.15, 0.2) is 0 Å². The first-order valence-corrected chi connectivity index (χ1v) is 6.12. The van der Waals surface area contributed by atoms with Crippen molar-refractivity contribution in [3.8, 4) is 5.69 Å². The summed E-state index contributed by atoms with van der Waals surface area (Å²) in [5.74, 6) is 0.729.